The summed E-state index contributed by atoms with van der Waals surface area (Å²) >= 11 is 0. The molecule has 5 aromatic rings. The number of nitrogens with zero attached hydrogens (tertiary/aromatic N) is 7. The van der Waals surface area contributed by atoms with Crippen LogP contribution < -0.4 is 20.3 Å². The van der Waals surface area contributed by atoms with E-state index in [9.17, 15) is 37.1 Å². The highest BCUT2D eigenvalue weighted by Gasteiger charge is 2.46. The first-order valence-electron chi connectivity index (χ1n) is 19.3. The van der Waals surface area contributed by atoms with Crippen molar-refractivity contribution in [2.45, 2.75) is 70.3 Å². The minimum absolute atomic E-state index is 0.0324. The van der Waals surface area contributed by atoms with Gasteiger partial charge in [-0.25, -0.2) is 19.3 Å². The molecule has 2 fully saturated rings. The number of halogens is 4. The van der Waals surface area contributed by atoms with E-state index < -0.39 is 59.8 Å². The fourth-order valence-electron chi connectivity index (χ4n) is 7.60. The number of imidazole rings is 1. The Bertz CT molecular complexity index is 2610. The number of nitrogens with one attached hydrogen (secondary N) is 2. The van der Waals surface area contributed by atoms with Crippen molar-refractivity contribution in [2.75, 3.05) is 23.9 Å². The second kappa shape index (κ2) is 15.9. The lowest BCUT2D eigenvalue weighted by Crippen LogP contribution is -2.54. The number of amides is 5. The van der Waals surface area contributed by atoms with Crippen molar-refractivity contribution < 1.29 is 46.3 Å². The predicted octanol–water partition coefficient (Wildman–Crippen LogP) is 6.07. The molecular formula is C42H37F4N9O6. The maximum absolute atomic E-state index is 17.0. The van der Waals surface area contributed by atoms with Gasteiger partial charge in [0, 0.05) is 42.9 Å². The Balaban J connectivity index is 1.13. The summed E-state index contributed by atoms with van der Waals surface area (Å²) in [5.41, 5.74) is 0.307. The third-order valence-electron chi connectivity index (χ3n) is 10.7. The summed E-state index contributed by atoms with van der Waals surface area (Å²) in [6.07, 6.45) is 0.512. The summed E-state index contributed by atoms with van der Waals surface area (Å²) in [7, 11) is 1.39. The smallest absolute Gasteiger partial charge is 0.434 e. The number of aromatic nitrogens is 5. The zero-order valence-electron chi connectivity index (χ0n) is 32.9. The number of pyridine rings is 1. The number of alkyl halides is 3. The Morgan fingerprint density at radius 2 is 1.74 bits per heavy atom. The summed E-state index contributed by atoms with van der Waals surface area (Å²) < 4.78 is 64.9. The Hall–Kier alpha value is -7.05. The van der Waals surface area contributed by atoms with Crippen molar-refractivity contribution in [1.82, 2.24) is 34.7 Å². The molecule has 314 valence electrons. The van der Waals surface area contributed by atoms with Crippen LogP contribution in [0.4, 0.5) is 28.9 Å². The zero-order valence-corrected chi connectivity index (χ0v) is 32.9. The van der Waals surface area contributed by atoms with E-state index in [0.29, 0.717) is 16.8 Å². The van der Waals surface area contributed by atoms with Crippen LogP contribution >= 0.6 is 0 Å². The highest BCUT2D eigenvalue weighted by molar-refractivity contribution is 6.26. The zero-order chi connectivity index (χ0) is 43.3. The minimum atomic E-state index is -4.66. The van der Waals surface area contributed by atoms with Gasteiger partial charge in [-0.2, -0.15) is 13.2 Å². The monoisotopic (exact) mass is 839 g/mol. The van der Waals surface area contributed by atoms with Gasteiger partial charge in [-0.15, -0.1) is 0 Å². The molecular weight excluding hydrogens is 803 g/mol. The minimum Gasteiger partial charge on any atom is -0.480 e. The third-order valence-corrected chi connectivity index (χ3v) is 10.7. The number of ether oxygens (including phenoxy) is 1. The average molecular weight is 840 g/mol. The van der Waals surface area contributed by atoms with Crippen LogP contribution in [0.25, 0.3) is 22.6 Å². The van der Waals surface area contributed by atoms with Crippen LogP contribution in [-0.4, -0.2) is 78.6 Å². The second-order valence-electron chi connectivity index (χ2n) is 15.1. The van der Waals surface area contributed by atoms with Gasteiger partial charge < -0.3 is 19.5 Å². The van der Waals surface area contributed by atoms with Gasteiger partial charge in [-0.05, 0) is 56.9 Å². The van der Waals surface area contributed by atoms with Crippen LogP contribution in [0.1, 0.15) is 89.2 Å². The Morgan fingerprint density at radius 1 is 0.984 bits per heavy atom. The van der Waals surface area contributed by atoms with Crippen molar-refractivity contribution in [3.63, 3.8) is 0 Å². The summed E-state index contributed by atoms with van der Waals surface area (Å²) in [5, 5.41) is 4.83. The van der Waals surface area contributed by atoms with Gasteiger partial charge in [-0.3, -0.25) is 39.2 Å². The Kier molecular flexibility index (Phi) is 10.6. The molecule has 61 heavy (non-hydrogen) atoms. The number of benzene rings is 2. The third kappa shape index (κ3) is 7.78. The number of hydrogen-bond donors (Lipinski definition) is 2. The summed E-state index contributed by atoms with van der Waals surface area (Å²) in [6.45, 7) is 2.84. The van der Waals surface area contributed by atoms with Gasteiger partial charge in [0.2, 0.25) is 23.6 Å². The number of piperidine rings is 1. The van der Waals surface area contributed by atoms with Crippen molar-refractivity contribution in [3.05, 3.63) is 101 Å². The van der Waals surface area contributed by atoms with Crippen molar-refractivity contribution >= 4 is 40.9 Å². The molecule has 2 aromatic carbocycles. The van der Waals surface area contributed by atoms with Crippen molar-refractivity contribution in [2.24, 2.45) is 0 Å². The molecule has 0 radical (unpaired) electrons. The van der Waals surface area contributed by atoms with E-state index in [0.717, 1.165) is 23.9 Å². The van der Waals surface area contributed by atoms with Gasteiger partial charge in [0.15, 0.2) is 11.5 Å². The first kappa shape index (κ1) is 40.7. The molecule has 2 N–H and O–H groups in total. The number of hydrogen-bond acceptors (Lipinski definition) is 11. The van der Waals surface area contributed by atoms with E-state index in [1.807, 2.05) is 0 Å². The fraction of sp³-hybridized carbons (Fsp3) is 0.310. The molecule has 1 saturated heterocycles. The number of anilines is 2. The van der Waals surface area contributed by atoms with Crippen LogP contribution in [0.3, 0.4) is 0 Å². The lowest BCUT2D eigenvalue weighted by molar-refractivity contribution is -0.141. The Labute approximate surface area is 345 Å². The summed E-state index contributed by atoms with van der Waals surface area (Å²) in [5.74, 6) is -4.21. The van der Waals surface area contributed by atoms with Crippen LogP contribution in [-0.2, 0) is 27.1 Å². The molecule has 5 heterocycles. The molecule has 1 aliphatic carbocycles. The van der Waals surface area contributed by atoms with Crippen LogP contribution in [0.5, 0.6) is 5.88 Å². The van der Waals surface area contributed by atoms with Gasteiger partial charge in [0.25, 0.3) is 11.8 Å². The van der Waals surface area contributed by atoms with Crippen LogP contribution in [0, 0.1) is 5.82 Å². The molecule has 0 bridgehead atoms. The molecule has 1 atom stereocenters. The molecule has 1 unspecified atom stereocenters. The number of rotatable bonds is 12. The SMILES string of the molecule is COc1ncnc(C2CC2)c1-c1nccc(N(CC(=O)Nc2cccc3c2C(=O)N(C2CCC(=O)NC2=O)C3=O)Cc2ccc(-c3nc(C(F)(F)F)cn3C(C)C)cc2)c1F. The van der Waals surface area contributed by atoms with Gasteiger partial charge in [0.1, 0.15) is 23.9 Å². The largest absolute Gasteiger partial charge is 0.480 e. The van der Waals surface area contributed by atoms with E-state index >= 15 is 4.39 Å². The molecule has 0 spiro atoms. The molecule has 2 aliphatic heterocycles. The second-order valence-corrected chi connectivity index (χ2v) is 15.1. The molecule has 3 aromatic heterocycles. The van der Waals surface area contributed by atoms with Gasteiger partial charge >= 0.3 is 6.18 Å². The van der Waals surface area contributed by atoms with Gasteiger partial charge in [-0.1, -0.05) is 30.3 Å². The standard InChI is InChI=1S/C42H37F4N9O6/c1-21(2)54-18-29(42(44,45)46)51-37(54)24-9-7-22(8-10-24)17-53(27-15-16-47-36(34(27)43)33-35(23-11-12-23)48-20-49-39(33)61-3)19-31(57)50-26-6-4-5-25-32(26)41(60)55(40(25)59)28-13-14-30(56)52-38(28)58/h4-10,15-16,18,20-21,23,28H,11-14,17,19H2,1-3H3,(H,50,57)(H,52,56,58). The lowest BCUT2D eigenvalue weighted by atomic mass is 10.0. The molecule has 5 amide bonds. The molecule has 1 saturated carbocycles. The quantitative estimate of drug-likeness (QED) is 0.110. The van der Waals surface area contributed by atoms with Crippen molar-refractivity contribution in [1.29, 1.82) is 0 Å². The molecule has 8 rings (SSSR count). The first-order valence-corrected chi connectivity index (χ1v) is 19.3. The molecule has 15 nitrogen and oxygen atoms in total. The first-order chi connectivity index (χ1) is 29.1. The van der Waals surface area contributed by atoms with Crippen molar-refractivity contribution in [3.8, 4) is 28.5 Å². The number of carbonyl (C=O) groups excluding carboxylic acids is 5. The average Bonchev–Trinajstić information content (AvgIpc) is 3.91. The maximum Gasteiger partial charge on any atom is 0.434 e. The van der Waals surface area contributed by atoms with Crippen LogP contribution in [0.2, 0.25) is 0 Å². The van der Waals surface area contributed by atoms with E-state index in [1.54, 1.807) is 38.1 Å². The van der Waals surface area contributed by atoms with Crippen LogP contribution in [0.15, 0.2) is 67.3 Å². The number of imide groups is 2. The number of carbonyl (C=O) groups is 5. The number of methoxy groups -OCH3 is 1. The number of fused-ring (bicyclic) bond motifs is 1. The lowest BCUT2D eigenvalue weighted by Gasteiger charge is -2.28. The molecule has 3 aliphatic rings. The normalized spacial score (nSPS) is 16.5. The maximum atomic E-state index is 17.0. The van der Waals surface area contributed by atoms with Gasteiger partial charge in [0.05, 0.1) is 47.4 Å². The summed E-state index contributed by atoms with van der Waals surface area (Å²) in [4.78, 5) is 84.7. The van der Waals surface area contributed by atoms with E-state index in [2.05, 4.69) is 30.6 Å². The van der Waals surface area contributed by atoms with E-state index in [-0.39, 0.29) is 76.8 Å². The Morgan fingerprint density at radius 3 is 2.41 bits per heavy atom. The highest BCUT2D eigenvalue weighted by atomic mass is 19.4. The predicted molar refractivity (Wildman–Crippen MR) is 210 cm³/mol. The molecule has 19 heteroatoms. The topological polar surface area (TPSA) is 182 Å². The van der Waals surface area contributed by atoms with E-state index in [4.69, 9.17) is 4.74 Å². The van der Waals surface area contributed by atoms with E-state index in [1.165, 1.54) is 53.4 Å². The fourth-order valence-corrected chi connectivity index (χ4v) is 7.60. The summed E-state index contributed by atoms with van der Waals surface area (Å²) in [6, 6.07) is 10.5. The highest BCUT2D eigenvalue weighted by Crippen LogP contribution is 2.46.